The first-order valence-corrected chi connectivity index (χ1v) is 9.50. The lowest BCUT2D eigenvalue weighted by atomic mass is 10.2. The molecule has 0 saturated carbocycles. The van der Waals surface area contributed by atoms with Crippen molar-refractivity contribution in [1.29, 1.82) is 0 Å². The first-order valence-electron chi connectivity index (χ1n) is 8.02. The fourth-order valence-electron chi connectivity index (χ4n) is 2.48. The number of sulfonamides is 1. The molecule has 1 fully saturated rings. The van der Waals surface area contributed by atoms with Crippen LogP contribution in [-0.4, -0.2) is 65.2 Å². The van der Waals surface area contributed by atoms with Gasteiger partial charge in [-0.25, -0.2) is 13.1 Å². The Morgan fingerprint density at radius 2 is 1.96 bits per heavy atom. The summed E-state index contributed by atoms with van der Waals surface area (Å²) < 4.78 is 32.3. The van der Waals surface area contributed by atoms with Crippen LogP contribution in [0.2, 0.25) is 0 Å². The number of benzene rings is 1. The van der Waals surface area contributed by atoms with Crippen LogP contribution in [0.15, 0.2) is 23.1 Å². The molecule has 0 atom stereocenters. The standard InChI is InChI=1S/C16H25N3O4S/c1-13-3-4-14(2)15(11-13)24(21,22)18-12-16(20)17-5-6-19-7-9-23-10-8-19/h3-4,11,18H,5-10,12H2,1-2H3,(H,17,20). The molecule has 1 amide bonds. The zero-order valence-corrected chi connectivity index (χ0v) is 15.0. The molecule has 1 aliphatic rings. The lowest BCUT2D eigenvalue weighted by Crippen LogP contribution is -2.43. The van der Waals surface area contributed by atoms with Gasteiger partial charge in [0.25, 0.3) is 0 Å². The maximum absolute atomic E-state index is 12.3. The van der Waals surface area contributed by atoms with Gasteiger partial charge in [0.15, 0.2) is 0 Å². The molecule has 0 spiro atoms. The number of nitrogens with zero attached hydrogens (tertiary/aromatic N) is 1. The van der Waals surface area contributed by atoms with Crippen molar-refractivity contribution < 1.29 is 17.9 Å². The van der Waals surface area contributed by atoms with Gasteiger partial charge in [-0.1, -0.05) is 12.1 Å². The highest BCUT2D eigenvalue weighted by molar-refractivity contribution is 7.89. The van der Waals surface area contributed by atoms with E-state index in [2.05, 4.69) is 14.9 Å². The molecule has 8 heteroatoms. The Hall–Kier alpha value is -1.48. The molecule has 0 bridgehead atoms. The summed E-state index contributed by atoms with van der Waals surface area (Å²) in [6.07, 6.45) is 0. The molecule has 1 aromatic rings. The average Bonchev–Trinajstić information content (AvgIpc) is 2.56. The summed E-state index contributed by atoms with van der Waals surface area (Å²) in [5.41, 5.74) is 1.51. The molecule has 2 rings (SSSR count). The van der Waals surface area contributed by atoms with Crippen LogP contribution in [0.5, 0.6) is 0 Å². The number of carbonyl (C=O) groups is 1. The van der Waals surface area contributed by atoms with Crippen LogP contribution in [-0.2, 0) is 19.6 Å². The third-order valence-electron chi connectivity index (χ3n) is 3.91. The van der Waals surface area contributed by atoms with E-state index >= 15 is 0 Å². The Morgan fingerprint density at radius 3 is 2.67 bits per heavy atom. The second-order valence-electron chi connectivity index (χ2n) is 5.90. The van der Waals surface area contributed by atoms with E-state index in [0.29, 0.717) is 25.3 Å². The van der Waals surface area contributed by atoms with E-state index in [1.807, 2.05) is 13.0 Å². The Bertz CT molecular complexity index is 670. The van der Waals surface area contributed by atoms with Gasteiger partial charge in [0.05, 0.1) is 24.7 Å². The SMILES string of the molecule is Cc1ccc(C)c(S(=O)(=O)NCC(=O)NCCN2CCOCC2)c1. The molecule has 1 aliphatic heterocycles. The molecule has 0 unspecified atom stereocenters. The van der Waals surface area contributed by atoms with Crippen LogP contribution >= 0.6 is 0 Å². The number of hydrogen-bond donors (Lipinski definition) is 2. The van der Waals surface area contributed by atoms with Gasteiger partial charge < -0.3 is 10.1 Å². The zero-order chi connectivity index (χ0) is 17.6. The Labute approximate surface area is 143 Å². The van der Waals surface area contributed by atoms with Crippen molar-refractivity contribution in [3.63, 3.8) is 0 Å². The quantitative estimate of drug-likeness (QED) is 0.721. The lowest BCUT2D eigenvalue weighted by molar-refractivity contribution is -0.120. The van der Waals surface area contributed by atoms with Gasteiger partial charge >= 0.3 is 0 Å². The Morgan fingerprint density at radius 1 is 1.25 bits per heavy atom. The molecule has 7 nitrogen and oxygen atoms in total. The van der Waals surface area contributed by atoms with E-state index in [9.17, 15) is 13.2 Å². The van der Waals surface area contributed by atoms with Crippen LogP contribution in [0, 0.1) is 13.8 Å². The van der Waals surface area contributed by atoms with Gasteiger partial charge in [-0.3, -0.25) is 9.69 Å². The number of rotatable bonds is 7. The van der Waals surface area contributed by atoms with E-state index in [1.165, 1.54) is 0 Å². The summed E-state index contributed by atoms with van der Waals surface area (Å²) in [6, 6.07) is 5.22. The lowest BCUT2D eigenvalue weighted by Gasteiger charge is -2.26. The van der Waals surface area contributed by atoms with Crippen molar-refractivity contribution >= 4 is 15.9 Å². The van der Waals surface area contributed by atoms with Crippen molar-refractivity contribution in [2.75, 3.05) is 45.9 Å². The third kappa shape index (κ3) is 5.55. The van der Waals surface area contributed by atoms with Crippen molar-refractivity contribution in [3.8, 4) is 0 Å². The minimum absolute atomic E-state index is 0.212. The molecule has 0 radical (unpaired) electrons. The van der Waals surface area contributed by atoms with E-state index in [-0.39, 0.29) is 17.3 Å². The van der Waals surface area contributed by atoms with Gasteiger partial charge in [-0.15, -0.1) is 0 Å². The molecule has 24 heavy (non-hydrogen) atoms. The van der Waals surface area contributed by atoms with Gasteiger partial charge in [-0.2, -0.15) is 0 Å². The van der Waals surface area contributed by atoms with Crippen LogP contribution in [0.1, 0.15) is 11.1 Å². The normalized spacial score (nSPS) is 16.1. The second-order valence-corrected chi connectivity index (χ2v) is 7.63. The summed E-state index contributed by atoms with van der Waals surface area (Å²) in [4.78, 5) is 14.2. The number of aryl methyl sites for hydroxylation is 2. The van der Waals surface area contributed by atoms with Crippen molar-refractivity contribution in [2.45, 2.75) is 18.7 Å². The van der Waals surface area contributed by atoms with Gasteiger partial charge in [-0.05, 0) is 31.0 Å². The van der Waals surface area contributed by atoms with Gasteiger partial charge in [0.2, 0.25) is 15.9 Å². The highest BCUT2D eigenvalue weighted by Gasteiger charge is 2.18. The highest BCUT2D eigenvalue weighted by Crippen LogP contribution is 2.16. The second kappa shape index (κ2) is 8.57. The molecule has 0 aromatic heterocycles. The zero-order valence-electron chi connectivity index (χ0n) is 14.2. The van der Waals surface area contributed by atoms with Crippen LogP contribution < -0.4 is 10.0 Å². The number of nitrogens with one attached hydrogen (secondary N) is 2. The Balaban J connectivity index is 1.78. The average molecular weight is 355 g/mol. The van der Waals surface area contributed by atoms with E-state index < -0.39 is 10.0 Å². The topological polar surface area (TPSA) is 87.7 Å². The minimum atomic E-state index is -3.69. The maximum atomic E-state index is 12.3. The molecule has 2 N–H and O–H groups in total. The van der Waals surface area contributed by atoms with Crippen LogP contribution in [0.25, 0.3) is 0 Å². The first-order chi connectivity index (χ1) is 11.4. The monoisotopic (exact) mass is 355 g/mol. The summed E-state index contributed by atoms with van der Waals surface area (Å²) >= 11 is 0. The predicted molar refractivity (Wildman–Crippen MR) is 91.4 cm³/mol. The third-order valence-corrected chi connectivity index (χ3v) is 5.45. The summed E-state index contributed by atoms with van der Waals surface area (Å²) in [6.45, 7) is 7.66. The van der Waals surface area contributed by atoms with Crippen LogP contribution in [0.3, 0.4) is 0 Å². The fraction of sp³-hybridized carbons (Fsp3) is 0.562. The molecule has 0 aliphatic carbocycles. The number of carbonyl (C=O) groups excluding carboxylic acids is 1. The first kappa shape index (κ1) is 18.9. The maximum Gasteiger partial charge on any atom is 0.241 e. The summed E-state index contributed by atoms with van der Waals surface area (Å²) in [7, 11) is -3.69. The molecular formula is C16H25N3O4S. The molecular weight excluding hydrogens is 330 g/mol. The number of hydrogen-bond acceptors (Lipinski definition) is 5. The predicted octanol–water partition coefficient (Wildman–Crippen LogP) is 0.0301. The van der Waals surface area contributed by atoms with E-state index in [4.69, 9.17) is 4.74 Å². The van der Waals surface area contributed by atoms with Crippen molar-refractivity contribution in [3.05, 3.63) is 29.3 Å². The Kier molecular flexibility index (Phi) is 6.73. The molecule has 1 saturated heterocycles. The van der Waals surface area contributed by atoms with Crippen molar-refractivity contribution in [2.24, 2.45) is 0 Å². The minimum Gasteiger partial charge on any atom is -0.379 e. The largest absolute Gasteiger partial charge is 0.379 e. The van der Waals surface area contributed by atoms with E-state index in [1.54, 1.807) is 19.1 Å². The number of morpholine rings is 1. The molecule has 1 aromatic carbocycles. The smallest absolute Gasteiger partial charge is 0.241 e. The highest BCUT2D eigenvalue weighted by atomic mass is 32.2. The van der Waals surface area contributed by atoms with Crippen LogP contribution in [0.4, 0.5) is 0 Å². The van der Waals surface area contributed by atoms with Crippen molar-refractivity contribution in [1.82, 2.24) is 14.9 Å². The number of ether oxygens (including phenoxy) is 1. The fourth-order valence-corrected chi connectivity index (χ4v) is 3.79. The van der Waals surface area contributed by atoms with Gasteiger partial charge in [0, 0.05) is 26.2 Å². The van der Waals surface area contributed by atoms with Gasteiger partial charge in [0.1, 0.15) is 0 Å². The summed E-state index contributed by atoms with van der Waals surface area (Å²) in [5.74, 6) is -0.336. The van der Waals surface area contributed by atoms with E-state index in [0.717, 1.165) is 25.2 Å². The molecule has 134 valence electrons. The molecule has 1 heterocycles. The number of amides is 1. The summed E-state index contributed by atoms with van der Waals surface area (Å²) in [5, 5.41) is 2.73.